The predicted octanol–water partition coefficient (Wildman–Crippen LogP) is 3.84. The minimum atomic E-state index is -0.559. The van der Waals surface area contributed by atoms with E-state index in [0.717, 1.165) is 54.7 Å². The first-order chi connectivity index (χ1) is 15.2. The van der Waals surface area contributed by atoms with Crippen molar-refractivity contribution in [3.8, 4) is 5.69 Å². The fourth-order valence-electron chi connectivity index (χ4n) is 5.08. The van der Waals surface area contributed by atoms with Crippen LogP contribution in [0.2, 0.25) is 0 Å². The summed E-state index contributed by atoms with van der Waals surface area (Å²) >= 11 is 0. The fourth-order valence-corrected chi connectivity index (χ4v) is 5.08. The van der Waals surface area contributed by atoms with Crippen LogP contribution in [0, 0.1) is 5.82 Å². The number of nitrogen functional groups attached to an aromatic ring is 1. The molecule has 3 aliphatic rings. The van der Waals surface area contributed by atoms with E-state index in [4.69, 9.17) is 15.6 Å². The number of benzene rings is 1. The number of amides is 1. The van der Waals surface area contributed by atoms with Crippen LogP contribution in [-0.2, 0) is 17.6 Å². The van der Waals surface area contributed by atoms with Gasteiger partial charge in [-0.3, -0.25) is 4.90 Å². The van der Waals surface area contributed by atoms with Crippen molar-refractivity contribution in [2.45, 2.75) is 70.4 Å². The molecule has 2 aromatic rings. The largest absolute Gasteiger partial charge is 0.444 e. The highest BCUT2D eigenvalue weighted by molar-refractivity contribution is 5.70. The quantitative estimate of drug-likeness (QED) is 0.692. The van der Waals surface area contributed by atoms with E-state index in [1.54, 1.807) is 4.90 Å². The van der Waals surface area contributed by atoms with Crippen LogP contribution in [0.3, 0.4) is 0 Å². The van der Waals surface area contributed by atoms with E-state index in [9.17, 15) is 4.79 Å². The summed E-state index contributed by atoms with van der Waals surface area (Å²) in [7, 11) is 0. The number of rotatable bonds is 2. The molecule has 8 heteroatoms. The zero-order valence-electron chi connectivity index (χ0n) is 19.1. The zero-order chi connectivity index (χ0) is 22.6. The van der Waals surface area contributed by atoms with E-state index in [-0.39, 0.29) is 29.6 Å². The van der Waals surface area contributed by atoms with Crippen LogP contribution < -0.4 is 11.1 Å². The van der Waals surface area contributed by atoms with Crippen molar-refractivity contribution < 1.29 is 13.9 Å². The second kappa shape index (κ2) is 7.76. The van der Waals surface area contributed by atoms with E-state index in [2.05, 4.69) is 5.32 Å². The number of anilines is 1. The highest BCUT2D eigenvalue weighted by atomic mass is 19.1. The van der Waals surface area contributed by atoms with Gasteiger partial charge in [0, 0.05) is 38.0 Å². The number of ether oxygens (including phenoxy) is 1. The minimum absolute atomic E-state index is 0.160. The van der Waals surface area contributed by atoms with Crippen LogP contribution in [0.5, 0.6) is 0 Å². The summed E-state index contributed by atoms with van der Waals surface area (Å²) in [6, 6.07) is 3.61. The third-order valence-electron chi connectivity index (χ3n) is 6.86. The number of nitrogens with one attached hydrogen (secondary N) is 1. The van der Waals surface area contributed by atoms with E-state index >= 15 is 4.39 Å². The Labute approximate surface area is 188 Å². The maximum atomic E-state index is 15.2. The van der Waals surface area contributed by atoms with E-state index in [1.165, 1.54) is 0 Å². The van der Waals surface area contributed by atoms with E-state index in [0.29, 0.717) is 25.2 Å². The van der Waals surface area contributed by atoms with Gasteiger partial charge in [0.15, 0.2) is 5.82 Å². The Kier molecular flexibility index (Phi) is 5.15. The lowest BCUT2D eigenvalue weighted by Gasteiger charge is -2.37. The number of nitrogens with zero attached hydrogens (tertiary/aromatic N) is 3. The summed E-state index contributed by atoms with van der Waals surface area (Å²) in [5.74, 6) is -0.0358. The van der Waals surface area contributed by atoms with Gasteiger partial charge in [-0.2, -0.15) is 5.10 Å². The third kappa shape index (κ3) is 3.54. The maximum absolute atomic E-state index is 15.2. The zero-order valence-corrected chi connectivity index (χ0v) is 19.1. The van der Waals surface area contributed by atoms with Crippen molar-refractivity contribution >= 4 is 11.8 Å². The second-order valence-electron chi connectivity index (χ2n) is 10.1. The van der Waals surface area contributed by atoms with Crippen molar-refractivity contribution in [2.24, 2.45) is 0 Å². The maximum Gasteiger partial charge on any atom is 0.410 e. The number of nitrogens with two attached hydrogens (primary N) is 1. The van der Waals surface area contributed by atoms with Gasteiger partial charge in [-0.15, -0.1) is 0 Å². The standard InChI is InChI=1S/C24H32FN5O2/c1-24(2,3)32-23(31)29-12-10-17-20-16(9-11-27-13-19(20)29)28-30(17)18-8-7-15(14-5-4-6-14)21(25)22(18)26/h7-8,14,19,27H,4-6,9-13,26H2,1-3H3. The molecule has 5 rings (SSSR count). The molecule has 3 N–H and O–H groups in total. The Morgan fingerprint density at radius 2 is 2.06 bits per heavy atom. The Balaban J connectivity index is 1.54. The number of carbonyl (C=O) groups excluding carboxylic acids is 1. The molecule has 0 bridgehead atoms. The molecule has 1 fully saturated rings. The Morgan fingerprint density at radius 1 is 1.28 bits per heavy atom. The molecule has 1 amide bonds. The lowest BCUT2D eigenvalue weighted by molar-refractivity contribution is 0.0142. The molecular formula is C24H32FN5O2. The minimum Gasteiger partial charge on any atom is -0.444 e. The molecule has 7 nitrogen and oxygen atoms in total. The molecule has 1 atom stereocenters. The highest BCUT2D eigenvalue weighted by Crippen LogP contribution is 2.41. The molecule has 0 radical (unpaired) electrons. The first kappa shape index (κ1) is 21.2. The van der Waals surface area contributed by atoms with Gasteiger partial charge in [-0.05, 0) is 51.2 Å². The molecule has 1 saturated carbocycles. The summed E-state index contributed by atoms with van der Waals surface area (Å²) in [5, 5.41) is 8.29. The topological polar surface area (TPSA) is 85.4 Å². The molecule has 1 aliphatic carbocycles. The van der Waals surface area contributed by atoms with Crippen molar-refractivity contribution in [1.29, 1.82) is 0 Å². The molecule has 1 unspecified atom stereocenters. The first-order valence-corrected chi connectivity index (χ1v) is 11.6. The van der Waals surface area contributed by atoms with Gasteiger partial charge in [0.25, 0.3) is 0 Å². The summed E-state index contributed by atoms with van der Waals surface area (Å²) in [4.78, 5) is 14.7. The van der Waals surface area contributed by atoms with Crippen LogP contribution in [0.1, 0.15) is 74.5 Å². The fraction of sp³-hybridized carbons (Fsp3) is 0.583. The average molecular weight is 442 g/mol. The normalized spacial score (nSPS) is 21.0. The predicted molar refractivity (Wildman–Crippen MR) is 120 cm³/mol. The van der Waals surface area contributed by atoms with Gasteiger partial charge in [-0.25, -0.2) is 13.9 Å². The molecule has 0 saturated heterocycles. The van der Waals surface area contributed by atoms with Gasteiger partial charge >= 0.3 is 6.09 Å². The molecule has 1 aromatic carbocycles. The van der Waals surface area contributed by atoms with Crippen LogP contribution in [0.15, 0.2) is 12.1 Å². The lowest BCUT2D eigenvalue weighted by atomic mass is 9.79. The van der Waals surface area contributed by atoms with Gasteiger partial charge in [-0.1, -0.05) is 12.5 Å². The number of hydrogen-bond donors (Lipinski definition) is 2. The summed E-state index contributed by atoms with van der Waals surface area (Å²) in [5.41, 5.74) is 10.2. The van der Waals surface area contributed by atoms with Gasteiger partial charge in [0.2, 0.25) is 0 Å². The monoisotopic (exact) mass is 441 g/mol. The summed E-state index contributed by atoms with van der Waals surface area (Å²) < 4.78 is 22.7. The highest BCUT2D eigenvalue weighted by Gasteiger charge is 2.39. The van der Waals surface area contributed by atoms with Crippen molar-refractivity contribution in [3.05, 3.63) is 40.5 Å². The number of hydrogen-bond acceptors (Lipinski definition) is 5. The van der Waals surface area contributed by atoms with E-state index < -0.39 is 5.60 Å². The summed E-state index contributed by atoms with van der Waals surface area (Å²) in [6.07, 6.45) is 4.23. The molecule has 0 spiro atoms. The lowest BCUT2D eigenvalue weighted by Crippen LogP contribution is -2.46. The Bertz CT molecular complexity index is 1050. The number of carbonyl (C=O) groups is 1. The Morgan fingerprint density at radius 3 is 2.75 bits per heavy atom. The second-order valence-corrected chi connectivity index (χ2v) is 10.1. The van der Waals surface area contributed by atoms with Crippen molar-refractivity contribution in [3.63, 3.8) is 0 Å². The van der Waals surface area contributed by atoms with Crippen LogP contribution in [0.4, 0.5) is 14.9 Å². The van der Waals surface area contributed by atoms with Crippen LogP contribution >= 0.6 is 0 Å². The molecule has 2 aliphatic heterocycles. The van der Waals surface area contributed by atoms with Crippen molar-refractivity contribution in [2.75, 3.05) is 25.4 Å². The van der Waals surface area contributed by atoms with Gasteiger partial charge in [0.1, 0.15) is 5.60 Å². The van der Waals surface area contributed by atoms with Crippen molar-refractivity contribution in [1.82, 2.24) is 20.0 Å². The molecule has 3 heterocycles. The van der Waals surface area contributed by atoms with Gasteiger partial charge in [0.05, 0.1) is 28.8 Å². The third-order valence-corrected chi connectivity index (χ3v) is 6.86. The van der Waals surface area contributed by atoms with E-state index in [1.807, 2.05) is 37.6 Å². The smallest absolute Gasteiger partial charge is 0.410 e. The van der Waals surface area contributed by atoms with Crippen LogP contribution in [-0.4, -0.2) is 46.0 Å². The summed E-state index contributed by atoms with van der Waals surface area (Å²) in [6.45, 7) is 7.54. The molecular weight excluding hydrogens is 409 g/mol. The average Bonchev–Trinajstić information content (AvgIpc) is 2.91. The van der Waals surface area contributed by atoms with Crippen LogP contribution in [0.25, 0.3) is 5.69 Å². The molecule has 32 heavy (non-hydrogen) atoms. The SMILES string of the molecule is CC(C)(C)OC(=O)N1CCc2c3c(nn2-c2ccc(C4CCC4)c(F)c2N)CCNCC31. The number of halogens is 1. The molecule has 1 aromatic heterocycles. The van der Waals surface area contributed by atoms with Gasteiger partial charge < -0.3 is 15.8 Å². The molecule has 172 valence electrons. The first-order valence-electron chi connectivity index (χ1n) is 11.6. The Hall–Kier alpha value is -2.61. The number of aromatic nitrogens is 2.